The molecule has 2 aromatic rings. The first-order valence-corrected chi connectivity index (χ1v) is 6.51. The van der Waals surface area contributed by atoms with E-state index in [1.165, 1.54) is 18.5 Å². The minimum Gasteiger partial charge on any atom is -0.313 e. The van der Waals surface area contributed by atoms with Crippen LogP contribution in [0.1, 0.15) is 15.9 Å². The number of carbonyl (C=O) groups excluding carboxylic acids is 1. The molecule has 2 rings (SSSR count). The zero-order valence-corrected chi connectivity index (χ0v) is 12.2. The highest BCUT2D eigenvalue weighted by Gasteiger charge is 2.11. The third-order valence-corrected chi connectivity index (χ3v) is 3.30. The van der Waals surface area contributed by atoms with Gasteiger partial charge in [-0.3, -0.25) is 0 Å². The molecule has 4 nitrogen and oxygen atoms in total. The number of hydrogen-bond donors (Lipinski definition) is 0. The average Bonchev–Trinajstić information content (AvgIpc) is 2.43. The van der Waals surface area contributed by atoms with Crippen LogP contribution in [0.5, 0.6) is 0 Å². The summed E-state index contributed by atoms with van der Waals surface area (Å²) in [5, 5.41) is 4.44. The number of carbonyl (C=O) groups is 1. The number of pyridine rings is 1. The molecule has 1 aromatic heterocycles. The molecule has 0 bridgehead atoms. The van der Waals surface area contributed by atoms with Crippen LogP contribution in [0.3, 0.4) is 0 Å². The number of rotatable bonds is 3. The number of nitrogens with zero attached hydrogens (tertiary/aromatic N) is 2. The first-order valence-electron chi connectivity index (χ1n) is 5.38. The Morgan fingerprint density at radius 3 is 2.70 bits per heavy atom. The molecular formula is C13H7Cl3N2O2. The van der Waals surface area contributed by atoms with Crippen molar-refractivity contribution in [2.24, 2.45) is 5.16 Å². The summed E-state index contributed by atoms with van der Waals surface area (Å²) in [4.78, 5) is 20.2. The van der Waals surface area contributed by atoms with Gasteiger partial charge >= 0.3 is 5.97 Å². The van der Waals surface area contributed by atoms with Gasteiger partial charge in [-0.1, -0.05) is 46.0 Å². The van der Waals surface area contributed by atoms with Gasteiger partial charge in [0.2, 0.25) is 0 Å². The maximum Gasteiger partial charge on any atom is 0.368 e. The Kier molecular flexibility index (Phi) is 4.95. The van der Waals surface area contributed by atoms with Gasteiger partial charge in [0.05, 0.1) is 21.8 Å². The Hall–Kier alpha value is -1.62. The molecule has 1 heterocycles. The molecule has 0 fully saturated rings. The predicted octanol–water partition coefficient (Wildman–Crippen LogP) is 4.23. The molecule has 0 aliphatic heterocycles. The molecule has 0 N–H and O–H groups in total. The Morgan fingerprint density at radius 1 is 1.20 bits per heavy atom. The number of halogens is 3. The zero-order chi connectivity index (χ0) is 14.5. The minimum absolute atomic E-state index is 0.0576. The maximum absolute atomic E-state index is 11.7. The van der Waals surface area contributed by atoms with Crippen LogP contribution in [0.2, 0.25) is 15.2 Å². The van der Waals surface area contributed by atoms with E-state index in [-0.39, 0.29) is 10.7 Å². The summed E-state index contributed by atoms with van der Waals surface area (Å²) in [6, 6.07) is 7.96. The maximum atomic E-state index is 11.7. The molecule has 0 spiro atoms. The molecule has 0 unspecified atom stereocenters. The lowest BCUT2D eigenvalue weighted by Crippen LogP contribution is -2.02. The summed E-state index contributed by atoms with van der Waals surface area (Å²) >= 11 is 17.4. The van der Waals surface area contributed by atoms with Crippen LogP contribution < -0.4 is 0 Å². The summed E-state index contributed by atoms with van der Waals surface area (Å²) in [6.45, 7) is 0. The Bertz CT molecular complexity index is 674. The third-order valence-electron chi connectivity index (χ3n) is 2.26. The van der Waals surface area contributed by atoms with E-state index in [2.05, 4.69) is 10.1 Å². The van der Waals surface area contributed by atoms with Gasteiger partial charge < -0.3 is 4.84 Å². The molecule has 0 amide bonds. The quantitative estimate of drug-likeness (QED) is 0.366. The summed E-state index contributed by atoms with van der Waals surface area (Å²) in [5.41, 5.74) is 0.782. The molecular weight excluding hydrogens is 323 g/mol. The van der Waals surface area contributed by atoms with Crippen LogP contribution >= 0.6 is 34.8 Å². The third kappa shape index (κ3) is 3.70. The highest BCUT2D eigenvalue weighted by Crippen LogP contribution is 2.21. The van der Waals surface area contributed by atoms with Gasteiger partial charge in [-0.15, -0.1) is 0 Å². The van der Waals surface area contributed by atoms with E-state index in [1.807, 2.05) is 0 Å². The average molecular weight is 330 g/mol. The monoisotopic (exact) mass is 328 g/mol. The fourth-order valence-electron chi connectivity index (χ4n) is 1.32. The van der Waals surface area contributed by atoms with Gasteiger partial charge in [0.1, 0.15) is 5.15 Å². The van der Waals surface area contributed by atoms with E-state index in [4.69, 9.17) is 39.6 Å². The lowest BCUT2D eigenvalue weighted by atomic mass is 10.2. The largest absolute Gasteiger partial charge is 0.368 e. The summed E-state index contributed by atoms with van der Waals surface area (Å²) in [5.74, 6) is -0.695. The van der Waals surface area contributed by atoms with Crippen LogP contribution in [-0.4, -0.2) is 17.2 Å². The van der Waals surface area contributed by atoms with Gasteiger partial charge in [-0.25, -0.2) is 9.78 Å². The standard InChI is InChI=1S/C13H7Cl3N2O2/c14-10-4-3-8(6-11(10)15)7-18-20-13(19)9-2-1-5-17-12(9)16/h1-7H/b18-7+. The summed E-state index contributed by atoms with van der Waals surface area (Å²) in [6.07, 6.45) is 2.81. The zero-order valence-electron chi connectivity index (χ0n) is 9.89. The van der Waals surface area contributed by atoms with E-state index in [9.17, 15) is 4.79 Å². The van der Waals surface area contributed by atoms with Gasteiger partial charge in [0.25, 0.3) is 0 Å². The van der Waals surface area contributed by atoms with E-state index in [1.54, 1.807) is 24.3 Å². The van der Waals surface area contributed by atoms with Crippen LogP contribution in [0.4, 0.5) is 0 Å². The van der Waals surface area contributed by atoms with E-state index in [0.717, 1.165) is 0 Å². The van der Waals surface area contributed by atoms with Crippen molar-refractivity contribution in [1.29, 1.82) is 0 Å². The molecule has 7 heteroatoms. The second-order valence-electron chi connectivity index (χ2n) is 3.63. The van der Waals surface area contributed by atoms with Gasteiger partial charge in [0.15, 0.2) is 0 Å². The summed E-state index contributed by atoms with van der Waals surface area (Å²) < 4.78 is 0. The number of oxime groups is 1. The van der Waals surface area contributed by atoms with Crippen LogP contribution in [0.15, 0.2) is 41.7 Å². The molecule has 1 aromatic carbocycles. The van der Waals surface area contributed by atoms with Crippen LogP contribution in [0.25, 0.3) is 0 Å². The lowest BCUT2D eigenvalue weighted by Gasteiger charge is -1.99. The molecule has 0 radical (unpaired) electrons. The lowest BCUT2D eigenvalue weighted by molar-refractivity contribution is 0.0519. The van der Waals surface area contributed by atoms with Crippen molar-refractivity contribution in [1.82, 2.24) is 4.98 Å². The fourth-order valence-corrected chi connectivity index (χ4v) is 1.82. The predicted molar refractivity (Wildman–Crippen MR) is 78.7 cm³/mol. The van der Waals surface area contributed by atoms with Gasteiger partial charge in [0, 0.05) is 6.20 Å². The topological polar surface area (TPSA) is 51.5 Å². The van der Waals surface area contributed by atoms with Crippen molar-refractivity contribution in [2.75, 3.05) is 0 Å². The molecule has 0 aliphatic carbocycles. The fraction of sp³-hybridized carbons (Fsp3) is 0. The van der Waals surface area contributed by atoms with Crippen LogP contribution in [0, 0.1) is 0 Å². The van der Waals surface area contributed by atoms with Crippen molar-refractivity contribution in [2.45, 2.75) is 0 Å². The molecule has 0 aliphatic rings. The highest BCUT2D eigenvalue weighted by atomic mass is 35.5. The van der Waals surface area contributed by atoms with Crippen molar-refractivity contribution in [3.05, 3.63) is 62.9 Å². The van der Waals surface area contributed by atoms with Crippen molar-refractivity contribution >= 4 is 47.0 Å². The van der Waals surface area contributed by atoms with E-state index < -0.39 is 5.97 Å². The SMILES string of the molecule is O=C(O/N=C/c1ccc(Cl)c(Cl)c1)c1cccnc1Cl. The molecule has 0 atom stereocenters. The van der Waals surface area contributed by atoms with E-state index >= 15 is 0 Å². The first kappa shape index (κ1) is 14.8. The normalized spacial score (nSPS) is 10.8. The number of aromatic nitrogens is 1. The highest BCUT2D eigenvalue weighted by molar-refractivity contribution is 6.42. The Balaban J connectivity index is 2.05. The van der Waals surface area contributed by atoms with Crippen LogP contribution in [-0.2, 0) is 4.84 Å². The minimum atomic E-state index is -0.695. The number of hydrogen-bond acceptors (Lipinski definition) is 4. The smallest absolute Gasteiger partial charge is 0.313 e. The van der Waals surface area contributed by atoms with Gasteiger partial charge in [-0.2, -0.15) is 0 Å². The second-order valence-corrected chi connectivity index (χ2v) is 4.80. The molecule has 102 valence electrons. The Labute approximate surface area is 129 Å². The Morgan fingerprint density at radius 2 is 2.00 bits per heavy atom. The molecule has 20 heavy (non-hydrogen) atoms. The molecule has 0 saturated carbocycles. The molecule has 0 saturated heterocycles. The van der Waals surface area contributed by atoms with Crippen molar-refractivity contribution in [3.63, 3.8) is 0 Å². The van der Waals surface area contributed by atoms with E-state index in [0.29, 0.717) is 15.6 Å². The summed E-state index contributed by atoms with van der Waals surface area (Å²) in [7, 11) is 0. The first-order chi connectivity index (χ1) is 9.58. The van der Waals surface area contributed by atoms with Gasteiger partial charge in [-0.05, 0) is 29.8 Å². The second kappa shape index (κ2) is 6.70. The number of benzene rings is 1. The van der Waals surface area contributed by atoms with Crippen molar-refractivity contribution in [3.8, 4) is 0 Å². The van der Waals surface area contributed by atoms with Crippen molar-refractivity contribution < 1.29 is 9.63 Å².